The van der Waals surface area contributed by atoms with Crippen molar-refractivity contribution in [3.8, 4) is 0 Å². The largest absolute Gasteiger partial charge is 0.382 e. The molecule has 2 rings (SSSR count). The zero-order valence-corrected chi connectivity index (χ0v) is 11.7. The summed E-state index contributed by atoms with van der Waals surface area (Å²) in [7, 11) is 0. The third-order valence-electron chi connectivity index (χ3n) is 3.36. The van der Waals surface area contributed by atoms with Gasteiger partial charge in [0.1, 0.15) is 6.17 Å². The smallest absolute Gasteiger partial charge is 0.238 e. The zero-order chi connectivity index (χ0) is 13.7. The Labute approximate surface area is 114 Å². The molecule has 1 unspecified atom stereocenters. The third-order valence-corrected chi connectivity index (χ3v) is 3.36. The minimum atomic E-state index is 0.00901. The average molecular weight is 262 g/mol. The minimum Gasteiger partial charge on any atom is -0.382 e. The lowest BCUT2D eigenvalue weighted by atomic mass is 10.1. The van der Waals surface area contributed by atoms with Gasteiger partial charge in [0.2, 0.25) is 5.91 Å². The molecule has 1 saturated heterocycles. The highest BCUT2D eigenvalue weighted by atomic mass is 16.5. The highest BCUT2D eigenvalue weighted by Gasteiger charge is 2.30. The fourth-order valence-electron chi connectivity index (χ4n) is 2.32. The Bertz CT molecular complexity index is 417. The predicted molar refractivity (Wildman–Crippen MR) is 74.7 cm³/mol. The number of rotatable bonds is 6. The molecule has 0 aliphatic carbocycles. The Balaban J connectivity index is 1.98. The Morgan fingerprint density at radius 3 is 2.79 bits per heavy atom. The highest BCUT2D eigenvalue weighted by molar-refractivity contribution is 5.80. The molecule has 1 atom stereocenters. The van der Waals surface area contributed by atoms with E-state index in [4.69, 9.17) is 4.74 Å². The summed E-state index contributed by atoms with van der Waals surface area (Å²) in [4.78, 5) is 13.8. The first-order valence-corrected chi connectivity index (χ1v) is 6.89. The van der Waals surface area contributed by atoms with E-state index in [2.05, 4.69) is 36.5 Å². The van der Waals surface area contributed by atoms with Crippen molar-refractivity contribution in [1.29, 1.82) is 0 Å². The van der Waals surface area contributed by atoms with E-state index in [1.54, 1.807) is 0 Å². The van der Waals surface area contributed by atoms with Gasteiger partial charge in [-0.1, -0.05) is 29.8 Å². The lowest BCUT2D eigenvalue weighted by Gasteiger charge is -2.24. The molecule has 0 spiro atoms. The number of amides is 1. The number of benzene rings is 1. The van der Waals surface area contributed by atoms with E-state index in [0.717, 1.165) is 25.1 Å². The number of carbonyl (C=O) groups is 1. The highest BCUT2D eigenvalue weighted by Crippen LogP contribution is 2.22. The van der Waals surface area contributed by atoms with Gasteiger partial charge in [0, 0.05) is 19.8 Å². The lowest BCUT2D eigenvalue weighted by molar-refractivity contribution is -0.128. The molecule has 1 fully saturated rings. The van der Waals surface area contributed by atoms with Gasteiger partial charge in [-0.3, -0.25) is 10.1 Å². The molecule has 1 aromatic carbocycles. The topological polar surface area (TPSA) is 41.6 Å². The maximum atomic E-state index is 11.9. The molecule has 1 N–H and O–H groups in total. The molecule has 104 valence electrons. The molecule has 1 amide bonds. The van der Waals surface area contributed by atoms with Crippen molar-refractivity contribution in [3.63, 3.8) is 0 Å². The van der Waals surface area contributed by atoms with Gasteiger partial charge in [-0.05, 0) is 25.8 Å². The SMILES string of the molecule is CCOCCCN1C(=O)CNC1c1ccc(C)cc1. The second-order valence-electron chi connectivity index (χ2n) is 4.83. The maximum absolute atomic E-state index is 11.9. The standard InChI is InChI=1S/C15H22N2O2/c1-3-19-10-4-9-17-14(18)11-16-15(17)13-7-5-12(2)6-8-13/h5-8,15-16H,3-4,9-11H2,1-2H3. The number of nitrogens with one attached hydrogen (secondary N) is 1. The molecular weight excluding hydrogens is 240 g/mol. The first-order valence-electron chi connectivity index (χ1n) is 6.89. The van der Waals surface area contributed by atoms with Crippen LogP contribution in [0.5, 0.6) is 0 Å². The van der Waals surface area contributed by atoms with Crippen molar-refractivity contribution >= 4 is 5.91 Å². The van der Waals surface area contributed by atoms with Gasteiger partial charge in [0.05, 0.1) is 6.54 Å². The monoisotopic (exact) mass is 262 g/mol. The summed E-state index contributed by atoms with van der Waals surface area (Å²) in [6, 6.07) is 8.33. The van der Waals surface area contributed by atoms with Crippen LogP contribution in [0.4, 0.5) is 0 Å². The fourth-order valence-corrected chi connectivity index (χ4v) is 2.32. The first kappa shape index (κ1) is 14.0. The summed E-state index contributed by atoms with van der Waals surface area (Å²) in [5.74, 6) is 0.169. The molecule has 1 heterocycles. The van der Waals surface area contributed by atoms with Gasteiger partial charge in [-0.2, -0.15) is 0 Å². The second-order valence-corrected chi connectivity index (χ2v) is 4.83. The Morgan fingerprint density at radius 2 is 2.11 bits per heavy atom. The van der Waals surface area contributed by atoms with Crippen LogP contribution in [0.25, 0.3) is 0 Å². The van der Waals surface area contributed by atoms with Crippen molar-refractivity contribution < 1.29 is 9.53 Å². The molecule has 0 bridgehead atoms. The van der Waals surface area contributed by atoms with Gasteiger partial charge >= 0.3 is 0 Å². The van der Waals surface area contributed by atoms with Crippen molar-refractivity contribution in [2.45, 2.75) is 26.4 Å². The quantitative estimate of drug-likeness (QED) is 0.796. The van der Waals surface area contributed by atoms with Crippen LogP contribution in [0, 0.1) is 6.92 Å². The number of nitrogens with zero attached hydrogens (tertiary/aromatic N) is 1. The number of carbonyl (C=O) groups excluding carboxylic acids is 1. The normalized spacial score (nSPS) is 19.2. The molecular formula is C15H22N2O2. The Morgan fingerprint density at radius 1 is 1.37 bits per heavy atom. The predicted octanol–water partition coefficient (Wildman–Crippen LogP) is 1.85. The van der Waals surface area contributed by atoms with Crippen LogP contribution in [0.3, 0.4) is 0 Å². The summed E-state index contributed by atoms with van der Waals surface area (Å²) in [5, 5.41) is 3.27. The summed E-state index contributed by atoms with van der Waals surface area (Å²) in [6.07, 6.45) is 0.888. The Kier molecular flexibility index (Phi) is 4.93. The van der Waals surface area contributed by atoms with Crippen molar-refractivity contribution in [2.75, 3.05) is 26.3 Å². The van der Waals surface area contributed by atoms with Gasteiger partial charge in [0.25, 0.3) is 0 Å². The number of hydrogen-bond acceptors (Lipinski definition) is 3. The van der Waals surface area contributed by atoms with Gasteiger partial charge < -0.3 is 9.64 Å². The Hall–Kier alpha value is -1.39. The summed E-state index contributed by atoms with van der Waals surface area (Å²) >= 11 is 0. The lowest BCUT2D eigenvalue weighted by Crippen LogP contribution is -2.31. The van der Waals surface area contributed by atoms with Crippen molar-refractivity contribution in [2.24, 2.45) is 0 Å². The van der Waals surface area contributed by atoms with Gasteiger partial charge in [0.15, 0.2) is 0 Å². The molecule has 19 heavy (non-hydrogen) atoms. The molecule has 0 aromatic heterocycles. The molecule has 1 aliphatic rings. The van der Waals surface area contributed by atoms with E-state index in [-0.39, 0.29) is 12.1 Å². The second kappa shape index (κ2) is 6.68. The van der Waals surface area contributed by atoms with Crippen LogP contribution < -0.4 is 5.32 Å². The van der Waals surface area contributed by atoms with Crippen LogP contribution in [0.15, 0.2) is 24.3 Å². The van der Waals surface area contributed by atoms with E-state index >= 15 is 0 Å². The van der Waals surface area contributed by atoms with E-state index in [9.17, 15) is 4.79 Å². The minimum absolute atomic E-state index is 0.00901. The first-order chi connectivity index (χ1) is 9.22. The molecule has 1 aromatic rings. The van der Waals surface area contributed by atoms with Crippen LogP contribution in [-0.4, -0.2) is 37.1 Å². The molecule has 0 saturated carbocycles. The van der Waals surface area contributed by atoms with E-state index < -0.39 is 0 Å². The van der Waals surface area contributed by atoms with Crippen LogP contribution in [0.2, 0.25) is 0 Å². The molecule has 4 heteroatoms. The van der Waals surface area contributed by atoms with Crippen LogP contribution in [-0.2, 0) is 9.53 Å². The van der Waals surface area contributed by atoms with Crippen molar-refractivity contribution in [3.05, 3.63) is 35.4 Å². The van der Waals surface area contributed by atoms with E-state index in [1.165, 1.54) is 5.56 Å². The van der Waals surface area contributed by atoms with E-state index in [1.807, 2.05) is 11.8 Å². The molecule has 1 aliphatic heterocycles. The maximum Gasteiger partial charge on any atom is 0.238 e. The van der Waals surface area contributed by atoms with Crippen LogP contribution >= 0.6 is 0 Å². The molecule has 0 radical (unpaired) electrons. The number of ether oxygens (including phenoxy) is 1. The summed E-state index contributed by atoms with van der Waals surface area (Å²) in [5.41, 5.74) is 2.38. The average Bonchev–Trinajstić information content (AvgIpc) is 2.77. The van der Waals surface area contributed by atoms with Crippen LogP contribution in [0.1, 0.15) is 30.6 Å². The third kappa shape index (κ3) is 3.55. The summed E-state index contributed by atoms with van der Waals surface area (Å²) in [6.45, 7) is 6.65. The number of aryl methyl sites for hydroxylation is 1. The van der Waals surface area contributed by atoms with E-state index in [0.29, 0.717) is 13.2 Å². The number of hydrogen-bond donors (Lipinski definition) is 1. The van der Waals surface area contributed by atoms with Gasteiger partial charge in [-0.15, -0.1) is 0 Å². The summed E-state index contributed by atoms with van der Waals surface area (Å²) < 4.78 is 5.33. The zero-order valence-electron chi connectivity index (χ0n) is 11.7. The van der Waals surface area contributed by atoms with Crippen molar-refractivity contribution in [1.82, 2.24) is 10.2 Å². The molecule has 4 nitrogen and oxygen atoms in total. The van der Waals surface area contributed by atoms with Gasteiger partial charge in [-0.25, -0.2) is 0 Å². The fraction of sp³-hybridized carbons (Fsp3) is 0.533.